The van der Waals surface area contributed by atoms with Gasteiger partial charge in [-0.05, 0) is 30.2 Å². The van der Waals surface area contributed by atoms with Crippen molar-refractivity contribution in [2.24, 2.45) is 0 Å². The van der Waals surface area contributed by atoms with Crippen LogP contribution in [0.5, 0.6) is 5.75 Å². The number of nitro groups is 1. The Morgan fingerprint density at radius 1 is 1.05 bits per heavy atom. The number of halogens is 3. The van der Waals surface area contributed by atoms with E-state index in [0.717, 1.165) is 12.1 Å². The van der Waals surface area contributed by atoms with E-state index < -0.39 is 11.3 Å². The number of nitro benzene ring substituents is 1. The highest BCUT2D eigenvalue weighted by Crippen LogP contribution is 2.29. The summed E-state index contributed by atoms with van der Waals surface area (Å²) in [5.41, 5.74) is 1.59. The van der Waals surface area contributed by atoms with E-state index >= 15 is 0 Å². The molecular weight excluding hydrogens is 287 g/mol. The number of nitrogens with zero attached hydrogens (tertiary/aromatic N) is 1. The fourth-order valence-electron chi connectivity index (χ4n) is 1.83. The van der Waals surface area contributed by atoms with Gasteiger partial charge in [0, 0.05) is 11.6 Å². The highest BCUT2D eigenvalue weighted by Gasteiger charge is 2.30. The van der Waals surface area contributed by atoms with Crippen molar-refractivity contribution in [1.29, 1.82) is 0 Å². The first-order valence-electron chi connectivity index (χ1n) is 5.87. The Labute approximate surface area is 117 Å². The van der Waals surface area contributed by atoms with E-state index in [9.17, 15) is 23.3 Å². The van der Waals surface area contributed by atoms with Gasteiger partial charge in [-0.1, -0.05) is 24.3 Å². The number of ether oxygens (including phenoxy) is 1. The topological polar surface area (TPSA) is 52.4 Å². The van der Waals surface area contributed by atoms with Crippen molar-refractivity contribution in [3.63, 3.8) is 0 Å². The molecule has 0 aliphatic rings. The predicted molar refractivity (Wildman–Crippen MR) is 70.0 cm³/mol. The molecule has 0 radical (unpaired) electrons. The molecule has 0 atom stereocenters. The Bertz CT molecular complexity index is 666. The molecule has 0 saturated heterocycles. The number of aryl methyl sites for hydroxylation is 1. The van der Waals surface area contributed by atoms with Gasteiger partial charge in [0.25, 0.3) is 5.69 Å². The van der Waals surface area contributed by atoms with Crippen LogP contribution < -0.4 is 4.74 Å². The van der Waals surface area contributed by atoms with Crippen molar-refractivity contribution in [2.45, 2.75) is 13.3 Å². The molecule has 0 aliphatic carbocycles. The van der Waals surface area contributed by atoms with Gasteiger partial charge < -0.3 is 4.74 Å². The molecule has 0 saturated carbocycles. The lowest BCUT2D eigenvalue weighted by Crippen LogP contribution is -2.16. The summed E-state index contributed by atoms with van der Waals surface area (Å²) < 4.78 is 39.9. The highest BCUT2D eigenvalue weighted by molar-refractivity contribution is 5.68. The second kappa shape index (κ2) is 5.43. The zero-order valence-corrected chi connectivity index (χ0v) is 10.8. The van der Waals surface area contributed by atoms with Gasteiger partial charge in [0.2, 0.25) is 0 Å². The van der Waals surface area contributed by atoms with E-state index in [0.29, 0.717) is 16.7 Å². The zero-order chi connectivity index (χ0) is 15.6. The lowest BCUT2D eigenvalue weighted by Gasteiger charge is -2.09. The summed E-state index contributed by atoms with van der Waals surface area (Å²) in [7, 11) is 0. The number of benzene rings is 2. The van der Waals surface area contributed by atoms with Gasteiger partial charge in [0.15, 0.2) is 0 Å². The fourth-order valence-corrected chi connectivity index (χ4v) is 1.83. The maximum atomic E-state index is 12.1. The van der Waals surface area contributed by atoms with Gasteiger partial charge >= 0.3 is 6.36 Å². The molecule has 0 N–H and O–H groups in total. The molecule has 7 heteroatoms. The van der Waals surface area contributed by atoms with Crippen molar-refractivity contribution in [3.8, 4) is 16.9 Å². The molecule has 21 heavy (non-hydrogen) atoms. The Morgan fingerprint density at radius 2 is 1.62 bits per heavy atom. The quantitative estimate of drug-likeness (QED) is 0.620. The third kappa shape index (κ3) is 3.71. The number of hydrogen-bond donors (Lipinski definition) is 0. The summed E-state index contributed by atoms with van der Waals surface area (Å²) in [6, 6.07) is 9.79. The largest absolute Gasteiger partial charge is 0.573 e. The minimum absolute atomic E-state index is 0.0388. The second-order valence-corrected chi connectivity index (χ2v) is 4.33. The predicted octanol–water partition coefficient (Wildman–Crippen LogP) is 4.47. The third-order valence-corrected chi connectivity index (χ3v) is 2.83. The molecular formula is C14H10F3NO3. The molecule has 2 aromatic carbocycles. The summed E-state index contributed by atoms with van der Waals surface area (Å²) in [5, 5.41) is 10.9. The zero-order valence-electron chi connectivity index (χ0n) is 10.8. The number of rotatable bonds is 3. The Hall–Kier alpha value is -2.57. The van der Waals surface area contributed by atoms with Crippen LogP contribution in [0.25, 0.3) is 11.1 Å². The van der Waals surface area contributed by atoms with Crippen molar-refractivity contribution in [2.75, 3.05) is 0 Å². The van der Waals surface area contributed by atoms with Crippen LogP contribution in [0.3, 0.4) is 0 Å². The van der Waals surface area contributed by atoms with E-state index in [1.807, 2.05) is 0 Å². The van der Waals surface area contributed by atoms with Crippen molar-refractivity contribution in [3.05, 3.63) is 58.1 Å². The second-order valence-electron chi connectivity index (χ2n) is 4.33. The molecule has 0 aliphatic heterocycles. The van der Waals surface area contributed by atoms with E-state index in [4.69, 9.17) is 0 Å². The third-order valence-electron chi connectivity index (χ3n) is 2.83. The Balaban J connectivity index is 2.31. The molecule has 0 amide bonds. The molecule has 0 heterocycles. The monoisotopic (exact) mass is 297 g/mol. The van der Waals surface area contributed by atoms with Crippen molar-refractivity contribution >= 4 is 5.69 Å². The Morgan fingerprint density at radius 3 is 2.14 bits per heavy atom. The molecule has 0 bridgehead atoms. The molecule has 110 valence electrons. The first-order valence-corrected chi connectivity index (χ1v) is 5.87. The molecule has 0 fully saturated rings. The van der Waals surface area contributed by atoms with Crippen LogP contribution in [0.15, 0.2) is 42.5 Å². The summed E-state index contributed by atoms with van der Waals surface area (Å²) in [5.74, 6) is -0.340. The van der Waals surface area contributed by atoms with E-state index in [-0.39, 0.29) is 11.4 Å². The lowest BCUT2D eigenvalue weighted by molar-refractivity contribution is -0.385. The molecule has 2 aromatic rings. The summed E-state index contributed by atoms with van der Waals surface area (Å²) >= 11 is 0. The number of hydrogen-bond acceptors (Lipinski definition) is 3. The highest BCUT2D eigenvalue weighted by atomic mass is 19.4. The van der Waals surface area contributed by atoms with Gasteiger partial charge in [-0.25, -0.2) is 0 Å². The summed E-state index contributed by atoms with van der Waals surface area (Å²) in [6.45, 7) is 1.61. The summed E-state index contributed by atoms with van der Waals surface area (Å²) in [4.78, 5) is 10.4. The molecule has 4 nitrogen and oxygen atoms in total. The van der Waals surface area contributed by atoms with Gasteiger partial charge in [-0.15, -0.1) is 13.2 Å². The molecule has 0 spiro atoms. The standard InChI is InChI=1S/C14H10F3NO3/c1-9-2-3-11(8-13(9)18(19)20)10-4-6-12(7-5-10)21-14(15,16)17/h2-8H,1H3. The van der Waals surface area contributed by atoms with Crippen LogP contribution in [0, 0.1) is 17.0 Å². The SMILES string of the molecule is Cc1ccc(-c2ccc(OC(F)(F)F)cc2)cc1[N+](=O)[O-]. The van der Waals surface area contributed by atoms with Crippen molar-refractivity contribution in [1.82, 2.24) is 0 Å². The van der Waals surface area contributed by atoms with Gasteiger partial charge in [-0.2, -0.15) is 0 Å². The van der Waals surface area contributed by atoms with Crippen molar-refractivity contribution < 1.29 is 22.8 Å². The van der Waals surface area contributed by atoms with Gasteiger partial charge in [0.1, 0.15) is 5.75 Å². The number of alkyl halides is 3. The van der Waals surface area contributed by atoms with Crippen LogP contribution in [-0.2, 0) is 0 Å². The maximum Gasteiger partial charge on any atom is 0.573 e. The molecule has 0 unspecified atom stereocenters. The lowest BCUT2D eigenvalue weighted by atomic mass is 10.0. The maximum absolute atomic E-state index is 12.1. The van der Waals surface area contributed by atoms with Gasteiger partial charge in [0.05, 0.1) is 4.92 Å². The first-order chi connectivity index (χ1) is 9.76. The van der Waals surface area contributed by atoms with E-state index in [2.05, 4.69) is 4.74 Å². The van der Waals surface area contributed by atoms with Gasteiger partial charge in [-0.3, -0.25) is 10.1 Å². The fraction of sp³-hybridized carbons (Fsp3) is 0.143. The van der Waals surface area contributed by atoms with Crippen LogP contribution in [0.1, 0.15) is 5.56 Å². The average Bonchev–Trinajstić information content (AvgIpc) is 2.38. The van der Waals surface area contributed by atoms with E-state index in [1.54, 1.807) is 19.1 Å². The van der Waals surface area contributed by atoms with Crippen LogP contribution in [0.2, 0.25) is 0 Å². The minimum atomic E-state index is -4.75. The first kappa shape index (κ1) is 14.8. The normalized spacial score (nSPS) is 11.2. The van der Waals surface area contributed by atoms with E-state index in [1.165, 1.54) is 18.2 Å². The van der Waals surface area contributed by atoms with Crippen LogP contribution in [0.4, 0.5) is 18.9 Å². The van der Waals surface area contributed by atoms with Crippen LogP contribution in [-0.4, -0.2) is 11.3 Å². The smallest absolute Gasteiger partial charge is 0.406 e. The minimum Gasteiger partial charge on any atom is -0.406 e. The average molecular weight is 297 g/mol. The molecule has 2 rings (SSSR count). The molecule has 0 aromatic heterocycles. The summed E-state index contributed by atoms with van der Waals surface area (Å²) in [6.07, 6.45) is -4.75. The Kier molecular flexibility index (Phi) is 3.84. The van der Waals surface area contributed by atoms with Crippen LogP contribution >= 0.6 is 0 Å².